The number of hydrogen-bond donors (Lipinski definition) is 1. The maximum atomic E-state index is 6.22. The molecule has 0 aliphatic carbocycles. The van der Waals surface area contributed by atoms with E-state index in [4.69, 9.17) is 22.1 Å². The SMILES string of the molecule is CC(C)(C)c1cccc(Cl)c1Oc1nnccc1N. The van der Waals surface area contributed by atoms with Gasteiger partial charge in [-0.3, -0.25) is 0 Å². The molecule has 0 bridgehead atoms. The zero-order valence-electron chi connectivity index (χ0n) is 11.1. The minimum absolute atomic E-state index is 0.1000. The second-order valence-corrected chi connectivity index (χ2v) is 5.67. The maximum absolute atomic E-state index is 6.22. The number of anilines is 1. The van der Waals surface area contributed by atoms with E-state index in [1.165, 1.54) is 6.20 Å². The molecule has 0 amide bonds. The van der Waals surface area contributed by atoms with Gasteiger partial charge in [0, 0.05) is 5.56 Å². The number of nitrogen functional groups attached to an aromatic ring is 1. The Labute approximate surface area is 117 Å². The van der Waals surface area contributed by atoms with E-state index in [0.29, 0.717) is 16.5 Å². The molecule has 2 aromatic rings. The number of para-hydroxylation sites is 1. The van der Waals surface area contributed by atoms with Gasteiger partial charge in [-0.2, -0.15) is 5.10 Å². The van der Waals surface area contributed by atoms with Gasteiger partial charge in [0.2, 0.25) is 0 Å². The molecule has 0 atom stereocenters. The van der Waals surface area contributed by atoms with Crippen molar-refractivity contribution in [1.29, 1.82) is 0 Å². The highest BCUT2D eigenvalue weighted by molar-refractivity contribution is 6.32. The summed E-state index contributed by atoms with van der Waals surface area (Å²) in [6.07, 6.45) is 1.51. The number of hydrogen-bond acceptors (Lipinski definition) is 4. The molecule has 1 heterocycles. The third kappa shape index (κ3) is 2.96. The van der Waals surface area contributed by atoms with Crippen molar-refractivity contribution < 1.29 is 4.74 Å². The van der Waals surface area contributed by atoms with Gasteiger partial charge in [-0.15, -0.1) is 5.10 Å². The van der Waals surface area contributed by atoms with Crippen molar-refractivity contribution in [3.8, 4) is 11.6 Å². The molecule has 100 valence electrons. The van der Waals surface area contributed by atoms with Crippen LogP contribution in [0.1, 0.15) is 26.3 Å². The zero-order valence-corrected chi connectivity index (χ0v) is 11.9. The van der Waals surface area contributed by atoms with Gasteiger partial charge in [-0.05, 0) is 17.5 Å². The Morgan fingerprint density at radius 1 is 1.21 bits per heavy atom. The van der Waals surface area contributed by atoms with Crippen LogP contribution in [0, 0.1) is 0 Å². The first-order valence-electron chi connectivity index (χ1n) is 5.93. The van der Waals surface area contributed by atoms with Gasteiger partial charge < -0.3 is 10.5 Å². The molecule has 0 radical (unpaired) electrons. The largest absolute Gasteiger partial charge is 0.434 e. The first-order valence-corrected chi connectivity index (χ1v) is 6.31. The van der Waals surface area contributed by atoms with Gasteiger partial charge in [-0.25, -0.2) is 0 Å². The highest BCUT2D eigenvalue weighted by Crippen LogP contribution is 2.39. The van der Waals surface area contributed by atoms with Crippen molar-refractivity contribution in [2.24, 2.45) is 0 Å². The molecule has 19 heavy (non-hydrogen) atoms. The summed E-state index contributed by atoms with van der Waals surface area (Å²) in [4.78, 5) is 0. The molecule has 1 aromatic heterocycles. The smallest absolute Gasteiger partial charge is 0.262 e. The van der Waals surface area contributed by atoms with E-state index in [-0.39, 0.29) is 11.3 Å². The fourth-order valence-corrected chi connectivity index (χ4v) is 1.92. The fourth-order valence-electron chi connectivity index (χ4n) is 1.71. The van der Waals surface area contributed by atoms with E-state index in [1.54, 1.807) is 12.1 Å². The van der Waals surface area contributed by atoms with Crippen molar-refractivity contribution in [3.63, 3.8) is 0 Å². The van der Waals surface area contributed by atoms with Crippen LogP contribution in [0.5, 0.6) is 11.6 Å². The predicted octanol–water partition coefficient (Wildman–Crippen LogP) is 3.80. The molecule has 1 aromatic carbocycles. The lowest BCUT2D eigenvalue weighted by atomic mass is 9.86. The van der Waals surface area contributed by atoms with Crippen molar-refractivity contribution in [1.82, 2.24) is 10.2 Å². The number of benzene rings is 1. The summed E-state index contributed by atoms with van der Waals surface area (Å²) in [5, 5.41) is 8.17. The molecule has 2 rings (SSSR count). The predicted molar refractivity (Wildman–Crippen MR) is 76.7 cm³/mol. The Kier molecular flexibility index (Phi) is 3.62. The third-order valence-electron chi connectivity index (χ3n) is 2.69. The van der Waals surface area contributed by atoms with Crippen LogP contribution < -0.4 is 10.5 Å². The van der Waals surface area contributed by atoms with Gasteiger partial charge >= 0.3 is 0 Å². The monoisotopic (exact) mass is 277 g/mol. The number of aromatic nitrogens is 2. The molecule has 0 saturated heterocycles. The maximum Gasteiger partial charge on any atom is 0.262 e. The first-order chi connectivity index (χ1) is 8.89. The van der Waals surface area contributed by atoms with Gasteiger partial charge in [0.15, 0.2) is 5.75 Å². The lowest BCUT2D eigenvalue weighted by Gasteiger charge is -2.23. The van der Waals surface area contributed by atoms with Crippen molar-refractivity contribution in [2.75, 3.05) is 5.73 Å². The van der Waals surface area contributed by atoms with E-state index in [1.807, 2.05) is 12.1 Å². The number of nitrogens with zero attached hydrogens (tertiary/aromatic N) is 2. The third-order valence-corrected chi connectivity index (χ3v) is 2.99. The summed E-state index contributed by atoms with van der Waals surface area (Å²) < 4.78 is 5.77. The van der Waals surface area contributed by atoms with Crippen LogP contribution in [-0.4, -0.2) is 10.2 Å². The summed E-state index contributed by atoms with van der Waals surface area (Å²) in [6, 6.07) is 7.29. The van der Waals surface area contributed by atoms with Crippen molar-refractivity contribution >= 4 is 17.3 Å². The summed E-state index contributed by atoms with van der Waals surface area (Å²) in [6.45, 7) is 6.27. The molecule has 4 nitrogen and oxygen atoms in total. The summed E-state index contributed by atoms with van der Waals surface area (Å²) in [5.74, 6) is 0.838. The second-order valence-electron chi connectivity index (χ2n) is 5.26. The highest BCUT2D eigenvalue weighted by Gasteiger charge is 2.22. The number of nitrogens with two attached hydrogens (primary N) is 1. The van der Waals surface area contributed by atoms with Gasteiger partial charge in [0.25, 0.3) is 5.88 Å². The summed E-state index contributed by atoms with van der Waals surface area (Å²) in [7, 11) is 0. The molecular formula is C14H16ClN3O. The van der Waals surface area contributed by atoms with Crippen LogP contribution in [0.25, 0.3) is 0 Å². The number of rotatable bonds is 2. The van der Waals surface area contributed by atoms with Crippen molar-refractivity contribution in [2.45, 2.75) is 26.2 Å². The fraction of sp³-hybridized carbons (Fsp3) is 0.286. The first kappa shape index (κ1) is 13.6. The van der Waals surface area contributed by atoms with Gasteiger partial charge in [0.05, 0.1) is 16.9 Å². The van der Waals surface area contributed by atoms with E-state index in [0.717, 1.165) is 5.56 Å². The Morgan fingerprint density at radius 2 is 1.95 bits per heavy atom. The molecule has 0 aliphatic rings. The topological polar surface area (TPSA) is 61.0 Å². The Balaban J connectivity index is 2.48. The average molecular weight is 278 g/mol. The summed E-state index contributed by atoms with van der Waals surface area (Å²) in [5.41, 5.74) is 7.12. The van der Waals surface area contributed by atoms with E-state index in [9.17, 15) is 0 Å². The van der Waals surface area contributed by atoms with Gasteiger partial charge in [0.1, 0.15) is 0 Å². The molecule has 2 N–H and O–H groups in total. The van der Waals surface area contributed by atoms with Crippen LogP contribution in [-0.2, 0) is 5.41 Å². The minimum Gasteiger partial charge on any atom is -0.434 e. The standard InChI is InChI=1S/C14H16ClN3O/c1-14(2,3)9-5-4-6-10(15)12(9)19-13-11(16)7-8-17-18-13/h4-8H,1-3H3,(H2,16,17). The van der Waals surface area contributed by atoms with Crippen LogP contribution in [0.4, 0.5) is 5.69 Å². The Bertz CT molecular complexity index is 593. The van der Waals surface area contributed by atoms with Crippen LogP contribution in [0.3, 0.4) is 0 Å². The van der Waals surface area contributed by atoms with Crippen LogP contribution in [0.2, 0.25) is 5.02 Å². The molecule has 0 aliphatic heterocycles. The molecule has 0 spiro atoms. The Morgan fingerprint density at radius 3 is 2.58 bits per heavy atom. The van der Waals surface area contributed by atoms with Gasteiger partial charge in [-0.1, -0.05) is 44.5 Å². The van der Waals surface area contributed by atoms with Crippen LogP contribution >= 0.6 is 11.6 Å². The van der Waals surface area contributed by atoms with E-state index < -0.39 is 0 Å². The molecule has 5 heteroatoms. The lowest BCUT2D eigenvalue weighted by Crippen LogP contribution is -2.13. The molecule has 0 unspecified atom stereocenters. The van der Waals surface area contributed by atoms with Crippen LogP contribution in [0.15, 0.2) is 30.5 Å². The Hall–Kier alpha value is -1.81. The quantitative estimate of drug-likeness (QED) is 0.907. The average Bonchev–Trinajstić information content (AvgIpc) is 2.33. The van der Waals surface area contributed by atoms with E-state index >= 15 is 0 Å². The molecule has 0 fully saturated rings. The molecule has 0 saturated carbocycles. The second kappa shape index (κ2) is 5.05. The number of halogens is 1. The molecular weight excluding hydrogens is 262 g/mol. The summed E-state index contributed by atoms with van der Waals surface area (Å²) >= 11 is 6.22. The van der Waals surface area contributed by atoms with Crippen molar-refractivity contribution in [3.05, 3.63) is 41.0 Å². The lowest BCUT2D eigenvalue weighted by molar-refractivity contribution is 0.436. The minimum atomic E-state index is -0.1000. The normalized spacial score (nSPS) is 11.4. The van der Waals surface area contributed by atoms with E-state index in [2.05, 4.69) is 31.0 Å². The number of ether oxygens (including phenoxy) is 1. The highest BCUT2D eigenvalue weighted by atomic mass is 35.5. The zero-order chi connectivity index (χ0) is 14.0.